The molecule has 0 aromatic carbocycles. The molecule has 0 radical (unpaired) electrons. The number of nitrogens with one attached hydrogen (secondary N) is 1. The number of piperazine rings is 1. The van der Waals surface area contributed by atoms with Crippen molar-refractivity contribution in [1.29, 1.82) is 0 Å². The van der Waals surface area contributed by atoms with Gasteiger partial charge in [0.1, 0.15) is 12.1 Å². The molecule has 5 N–H and O–H groups in total. The first-order valence-electron chi connectivity index (χ1n) is 9.05. The lowest BCUT2D eigenvalue weighted by atomic mass is 9.92. The van der Waals surface area contributed by atoms with Gasteiger partial charge in [-0.05, 0) is 24.3 Å². The summed E-state index contributed by atoms with van der Waals surface area (Å²) in [6, 6.07) is 2.12. The van der Waals surface area contributed by atoms with Gasteiger partial charge in [-0.15, -0.1) is 16.4 Å². The number of nitrogens with two attached hydrogens (primary N) is 2. The molecule has 4 rings (SSSR count). The monoisotopic (exact) mass is 417 g/mol. The highest BCUT2D eigenvalue weighted by Crippen LogP contribution is 2.31. The summed E-state index contributed by atoms with van der Waals surface area (Å²) >= 11 is 1.53. The molecule has 2 aliphatic rings. The number of primary amides is 2. The van der Waals surface area contributed by atoms with E-state index in [1.54, 1.807) is 4.90 Å². The van der Waals surface area contributed by atoms with Crippen LogP contribution < -0.4 is 16.8 Å². The number of carbonyl (C=O) groups excluding carboxylic acids is 4. The smallest absolute Gasteiger partial charge is 0.271 e. The number of rotatable bonds is 5. The Balaban J connectivity index is 1.54. The lowest BCUT2D eigenvalue weighted by Crippen LogP contribution is -2.65. The molecule has 2 aromatic heterocycles. The predicted molar refractivity (Wildman–Crippen MR) is 101 cm³/mol. The number of piperidine rings is 1. The third-order valence-electron chi connectivity index (χ3n) is 5.27. The number of nitrogens with zero attached hydrogens (tertiary/aromatic N) is 4. The van der Waals surface area contributed by atoms with Crippen LogP contribution in [0.3, 0.4) is 0 Å². The van der Waals surface area contributed by atoms with Crippen LogP contribution in [0.4, 0.5) is 0 Å². The first kappa shape index (κ1) is 19.1. The van der Waals surface area contributed by atoms with Crippen molar-refractivity contribution in [2.75, 3.05) is 6.54 Å². The van der Waals surface area contributed by atoms with Crippen molar-refractivity contribution in [2.24, 2.45) is 11.5 Å². The zero-order chi connectivity index (χ0) is 20.7. The number of amides is 4. The van der Waals surface area contributed by atoms with Gasteiger partial charge < -0.3 is 21.7 Å². The lowest BCUT2D eigenvalue weighted by Gasteiger charge is -2.44. The van der Waals surface area contributed by atoms with E-state index in [-0.39, 0.29) is 29.6 Å². The van der Waals surface area contributed by atoms with Gasteiger partial charge in [0.05, 0.1) is 6.04 Å². The molecule has 2 aromatic rings. The van der Waals surface area contributed by atoms with Crippen LogP contribution in [0.1, 0.15) is 44.7 Å². The Morgan fingerprint density at radius 3 is 2.72 bits per heavy atom. The van der Waals surface area contributed by atoms with E-state index in [0.29, 0.717) is 19.4 Å². The minimum atomic E-state index is -0.913. The molecular formula is C17H19N7O4S. The molecule has 11 nitrogen and oxygen atoms in total. The summed E-state index contributed by atoms with van der Waals surface area (Å²) in [4.78, 5) is 51.5. The van der Waals surface area contributed by atoms with Gasteiger partial charge in [-0.1, -0.05) is 11.3 Å². The summed E-state index contributed by atoms with van der Waals surface area (Å²) < 4.78 is 1.25. The molecule has 12 heteroatoms. The Bertz CT molecular complexity index is 986. The van der Waals surface area contributed by atoms with Gasteiger partial charge in [0.15, 0.2) is 11.4 Å². The summed E-state index contributed by atoms with van der Waals surface area (Å²) in [6.07, 6.45) is 1.11. The van der Waals surface area contributed by atoms with E-state index in [4.69, 9.17) is 11.5 Å². The minimum Gasteiger partial charge on any atom is -0.364 e. The van der Waals surface area contributed by atoms with Gasteiger partial charge in [0.2, 0.25) is 11.8 Å². The van der Waals surface area contributed by atoms with Crippen LogP contribution in [0.2, 0.25) is 0 Å². The summed E-state index contributed by atoms with van der Waals surface area (Å²) in [7, 11) is 0. The molecule has 0 saturated carbocycles. The number of carbonyl (C=O) groups is 4. The Labute approximate surface area is 169 Å². The molecular weight excluding hydrogens is 398 g/mol. The van der Waals surface area contributed by atoms with Crippen LogP contribution in [-0.2, 0) is 16.0 Å². The Kier molecular flexibility index (Phi) is 4.78. The van der Waals surface area contributed by atoms with Crippen molar-refractivity contribution in [3.05, 3.63) is 33.8 Å². The standard InChI is InChI=1S/C17H19N7O4S/c18-14(25)12-13(15(19)26)24(22-21-12)8-3-4-23-11(6-8)16(27)20-10(17(23)28)7-9-2-1-5-29-9/h1-2,5,8,10-11H,3-4,6-7H2,(H2,18,25)(H2,19,26)(H,20,27). The molecule has 152 valence electrons. The van der Waals surface area contributed by atoms with E-state index in [2.05, 4.69) is 15.6 Å². The van der Waals surface area contributed by atoms with Crippen molar-refractivity contribution in [3.8, 4) is 0 Å². The second-order valence-electron chi connectivity index (χ2n) is 7.03. The number of aromatic nitrogens is 3. The van der Waals surface area contributed by atoms with Crippen LogP contribution in [0.5, 0.6) is 0 Å². The Morgan fingerprint density at radius 1 is 1.28 bits per heavy atom. The molecule has 29 heavy (non-hydrogen) atoms. The molecule has 4 amide bonds. The topological polar surface area (TPSA) is 166 Å². The van der Waals surface area contributed by atoms with Gasteiger partial charge in [-0.3, -0.25) is 19.2 Å². The number of thiophene rings is 1. The van der Waals surface area contributed by atoms with E-state index in [1.165, 1.54) is 16.0 Å². The quantitative estimate of drug-likeness (QED) is 0.553. The molecule has 3 atom stereocenters. The highest BCUT2D eigenvalue weighted by molar-refractivity contribution is 7.09. The van der Waals surface area contributed by atoms with Crippen molar-refractivity contribution in [3.63, 3.8) is 0 Å². The second-order valence-corrected chi connectivity index (χ2v) is 8.06. The molecule has 0 spiro atoms. The van der Waals surface area contributed by atoms with E-state index < -0.39 is 29.9 Å². The average molecular weight is 417 g/mol. The van der Waals surface area contributed by atoms with Crippen LogP contribution in [0.15, 0.2) is 17.5 Å². The second kappa shape index (κ2) is 7.28. The van der Waals surface area contributed by atoms with Crippen LogP contribution in [0.25, 0.3) is 0 Å². The van der Waals surface area contributed by atoms with E-state index in [9.17, 15) is 19.2 Å². The number of hydrogen-bond donors (Lipinski definition) is 3. The maximum Gasteiger partial charge on any atom is 0.271 e. The number of fused-ring (bicyclic) bond motifs is 1. The normalized spacial score (nSPS) is 24.1. The largest absolute Gasteiger partial charge is 0.364 e. The number of hydrogen-bond acceptors (Lipinski definition) is 7. The van der Waals surface area contributed by atoms with Gasteiger partial charge in [-0.25, -0.2) is 4.68 Å². The van der Waals surface area contributed by atoms with Crippen molar-refractivity contribution >= 4 is 35.0 Å². The van der Waals surface area contributed by atoms with Crippen molar-refractivity contribution in [1.82, 2.24) is 25.2 Å². The van der Waals surface area contributed by atoms with E-state index in [1.807, 2.05) is 17.5 Å². The first-order valence-corrected chi connectivity index (χ1v) is 9.92. The third kappa shape index (κ3) is 3.35. The maximum absolute atomic E-state index is 12.9. The SMILES string of the molecule is NC(=O)c1nnn(C2CCN3C(=O)C(Cc4cccs4)NC(=O)C3C2)c1C(N)=O. The van der Waals surface area contributed by atoms with Gasteiger partial charge in [-0.2, -0.15) is 0 Å². The maximum atomic E-state index is 12.9. The van der Waals surface area contributed by atoms with Crippen molar-refractivity contribution in [2.45, 2.75) is 37.4 Å². The summed E-state index contributed by atoms with van der Waals surface area (Å²) in [5.74, 6) is -2.18. The van der Waals surface area contributed by atoms with Crippen molar-refractivity contribution < 1.29 is 19.2 Å². The summed E-state index contributed by atoms with van der Waals surface area (Å²) in [5.41, 5.74) is 10.1. The molecule has 0 bridgehead atoms. The Hall–Kier alpha value is -3.28. The summed E-state index contributed by atoms with van der Waals surface area (Å²) in [6.45, 7) is 0.312. The highest BCUT2D eigenvalue weighted by atomic mass is 32.1. The Morgan fingerprint density at radius 2 is 2.07 bits per heavy atom. The first-order chi connectivity index (χ1) is 13.9. The van der Waals surface area contributed by atoms with Gasteiger partial charge in [0, 0.05) is 17.8 Å². The lowest BCUT2D eigenvalue weighted by molar-refractivity contribution is -0.152. The fraction of sp³-hybridized carbons (Fsp3) is 0.412. The highest BCUT2D eigenvalue weighted by Gasteiger charge is 2.45. The molecule has 2 saturated heterocycles. The average Bonchev–Trinajstić information content (AvgIpc) is 3.35. The predicted octanol–water partition coefficient (Wildman–Crippen LogP) is -1.19. The van der Waals surface area contributed by atoms with Crippen LogP contribution in [0, 0.1) is 0 Å². The zero-order valence-corrected chi connectivity index (χ0v) is 16.1. The fourth-order valence-corrected chi connectivity index (χ4v) is 4.68. The molecule has 2 fully saturated rings. The van der Waals surface area contributed by atoms with Crippen LogP contribution >= 0.6 is 11.3 Å². The molecule has 0 aliphatic carbocycles. The minimum absolute atomic E-state index is 0.131. The molecule has 4 heterocycles. The summed E-state index contributed by atoms with van der Waals surface area (Å²) in [5, 5.41) is 12.2. The third-order valence-corrected chi connectivity index (χ3v) is 6.17. The van der Waals surface area contributed by atoms with E-state index >= 15 is 0 Å². The van der Waals surface area contributed by atoms with Gasteiger partial charge >= 0.3 is 0 Å². The zero-order valence-electron chi connectivity index (χ0n) is 15.3. The molecule has 2 aliphatic heterocycles. The van der Waals surface area contributed by atoms with E-state index in [0.717, 1.165) is 4.88 Å². The fourth-order valence-electron chi connectivity index (χ4n) is 3.92. The van der Waals surface area contributed by atoms with Crippen LogP contribution in [-0.4, -0.2) is 62.2 Å². The van der Waals surface area contributed by atoms with Gasteiger partial charge in [0.25, 0.3) is 11.8 Å². The molecule has 3 unspecified atom stereocenters.